The molecule has 7 heteroatoms. The lowest BCUT2D eigenvalue weighted by Gasteiger charge is -1.94. The van der Waals surface area contributed by atoms with Crippen molar-refractivity contribution in [3.8, 4) is 0 Å². The first-order chi connectivity index (χ1) is 8.99. The summed E-state index contributed by atoms with van der Waals surface area (Å²) in [5, 5.41) is 19.4. The topological polar surface area (TPSA) is 99.8 Å². The van der Waals surface area contributed by atoms with Gasteiger partial charge in [0.05, 0.1) is 16.9 Å². The maximum Gasteiger partial charge on any atom is 0.335 e. The zero-order chi connectivity index (χ0) is 14.0. The second kappa shape index (κ2) is 4.89. The van der Waals surface area contributed by atoms with Crippen LogP contribution in [0.15, 0.2) is 39.3 Å². The quantitative estimate of drug-likeness (QED) is 0.826. The van der Waals surface area contributed by atoms with Gasteiger partial charge in [-0.2, -0.15) is 5.11 Å². The van der Waals surface area contributed by atoms with E-state index in [9.17, 15) is 9.59 Å². The standard InChI is InChI=1S/C12H12N4O3/c1-7-10(11(17)16(2)15-7)14-13-9-5-3-8(4-6-9)12(18)19/h3-6,15H,1-2H3,(H,18,19). The predicted molar refractivity (Wildman–Crippen MR) is 68.3 cm³/mol. The Balaban J connectivity index is 2.28. The largest absolute Gasteiger partial charge is 0.478 e. The summed E-state index contributed by atoms with van der Waals surface area (Å²) < 4.78 is 1.32. The van der Waals surface area contributed by atoms with Gasteiger partial charge in [0.1, 0.15) is 0 Å². The van der Waals surface area contributed by atoms with E-state index in [0.29, 0.717) is 11.4 Å². The fraction of sp³-hybridized carbons (Fsp3) is 0.167. The summed E-state index contributed by atoms with van der Waals surface area (Å²) in [5.41, 5.74) is 1.26. The van der Waals surface area contributed by atoms with Gasteiger partial charge in [0.15, 0.2) is 5.69 Å². The number of nitrogens with zero attached hydrogens (tertiary/aromatic N) is 3. The fourth-order valence-electron chi connectivity index (χ4n) is 1.57. The molecule has 0 spiro atoms. The van der Waals surface area contributed by atoms with Crippen molar-refractivity contribution in [2.45, 2.75) is 6.92 Å². The SMILES string of the molecule is Cc1[nH]n(C)c(=O)c1N=Nc1ccc(C(=O)O)cc1. The maximum atomic E-state index is 11.7. The number of aromatic carboxylic acids is 1. The van der Waals surface area contributed by atoms with Crippen LogP contribution < -0.4 is 5.56 Å². The first-order valence-electron chi connectivity index (χ1n) is 5.49. The van der Waals surface area contributed by atoms with Gasteiger partial charge in [-0.05, 0) is 31.2 Å². The fourth-order valence-corrected chi connectivity index (χ4v) is 1.57. The zero-order valence-electron chi connectivity index (χ0n) is 10.4. The van der Waals surface area contributed by atoms with E-state index in [-0.39, 0.29) is 16.8 Å². The van der Waals surface area contributed by atoms with Gasteiger partial charge < -0.3 is 5.11 Å². The van der Waals surface area contributed by atoms with Gasteiger partial charge in [-0.15, -0.1) is 5.11 Å². The van der Waals surface area contributed by atoms with Crippen LogP contribution in [0.3, 0.4) is 0 Å². The second-order valence-electron chi connectivity index (χ2n) is 4.00. The highest BCUT2D eigenvalue weighted by Gasteiger charge is 2.07. The Labute approximate surface area is 108 Å². The van der Waals surface area contributed by atoms with E-state index in [1.54, 1.807) is 14.0 Å². The van der Waals surface area contributed by atoms with Crippen LogP contribution in [0.5, 0.6) is 0 Å². The maximum absolute atomic E-state index is 11.7. The van der Waals surface area contributed by atoms with Crippen molar-refractivity contribution in [1.29, 1.82) is 0 Å². The number of hydrogen-bond acceptors (Lipinski definition) is 4. The summed E-state index contributed by atoms with van der Waals surface area (Å²) in [7, 11) is 1.59. The number of H-pyrrole nitrogens is 1. The van der Waals surface area contributed by atoms with Gasteiger partial charge in [-0.3, -0.25) is 14.6 Å². The molecule has 0 aliphatic heterocycles. The molecule has 0 unspecified atom stereocenters. The highest BCUT2D eigenvalue weighted by molar-refractivity contribution is 5.87. The van der Waals surface area contributed by atoms with Crippen molar-refractivity contribution >= 4 is 17.3 Å². The molecule has 0 radical (unpaired) electrons. The van der Waals surface area contributed by atoms with Crippen LogP contribution in [0, 0.1) is 6.92 Å². The Morgan fingerprint density at radius 2 is 1.89 bits per heavy atom. The van der Waals surface area contributed by atoms with Crippen LogP contribution in [-0.4, -0.2) is 20.9 Å². The Morgan fingerprint density at radius 3 is 2.37 bits per heavy atom. The van der Waals surface area contributed by atoms with Crippen molar-refractivity contribution in [1.82, 2.24) is 9.78 Å². The molecular formula is C12H12N4O3. The summed E-state index contributed by atoms with van der Waals surface area (Å²) in [4.78, 5) is 22.3. The van der Waals surface area contributed by atoms with Crippen LogP contribution in [0.2, 0.25) is 0 Å². The minimum absolute atomic E-state index is 0.174. The van der Waals surface area contributed by atoms with E-state index in [1.807, 2.05) is 0 Å². The van der Waals surface area contributed by atoms with E-state index in [4.69, 9.17) is 5.11 Å². The Bertz CT molecular complexity index is 695. The summed E-state index contributed by atoms with van der Waals surface area (Å²) >= 11 is 0. The molecular weight excluding hydrogens is 248 g/mol. The van der Waals surface area contributed by atoms with Crippen LogP contribution >= 0.6 is 0 Å². The van der Waals surface area contributed by atoms with Gasteiger partial charge in [0.25, 0.3) is 5.56 Å². The lowest BCUT2D eigenvalue weighted by atomic mass is 10.2. The van der Waals surface area contributed by atoms with Gasteiger partial charge in [-0.1, -0.05) is 0 Å². The average molecular weight is 260 g/mol. The Hall–Kier alpha value is -2.70. The predicted octanol–water partition coefficient (Wildman–Crippen LogP) is 2.14. The highest BCUT2D eigenvalue weighted by Crippen LogP contribution is 2.18. The third kappa shape index (κ3) is 2.59. The van der Waals surface area contributed by atoms with E-state index in [2.05, 4.69) is 15.3 Å². The molecule has 19 heavy (non-hydrogen) atoms. The monoisotopic (exact) mass is 260 g/mol. The number of benzene rings is 1. The third-order valence-corrected chi connectivity index (χ3v) is 2.58. The normalized spacial score (nSPS) is 11.1. The lowest BCUT2D eigenvalue weighted by molar-refractivity contribution is 0.0697. The first-order valence-corrected chi connectivity index (χ1v) is 5.49. The van der Waals surface area contributed by atoms with Gasteiger partial charge in [0, 0.05) is 7.05 Å². The number of azo groups is 1. The molecule has 0 atom stereocenters. The summed E-state index contributed by atoms with van der Waals surface area (Å²) in [6.45, 7) is 1.73. The van der Waals surface area contributed by atoms with Crippen LogP contribution in [-0.2, 0) is 7.05 Å². The third-order valence-electron chi connectivity index (χ3n) is 2.58. The molecule has 0 saturated heterocycles. The van der Waals surface area contributed by atoms with Crippen molar-refractivity contribution in [3.05, 3.63) is 45.9 Å². The molecule has 1 aromatic carbocycles. The molecule has 2 N–H and O–H groups in total. The molecule has 0 bridgehead atoms. The molecule has 0 aliphatic carbocycles. The Morgan fingerprint density at radius 1 is 1.26 bits per heavy atom. The summed E-state index contributed by atoms with van der Waals surface area (Å²) in [5.74, 6) is -1.00. The van der Waals surface area contributed by atoms with Crippen LogP contribution in [0.1, 0.15) is 16.1 Å². The molecule has 0 fully saturated rings. The number of carboxylic acid groups (broad SMARTS) is 1. The summed E-state index contributed by atoms with van der Waals surface area (Å²) in [6.07, 6.45) is 0. The number of nitrogens with one attached hydrogen (secondary N) is 1. The van der Waals surface area contributed by atoms with E-state index in [0.717, 1.165) is 0 Å². The van der Waals surface area contributed by atoms with E-state index < -0.39 is 5.97 Å². The van der Waals surface area contributed by atoms with Gasteiger partial charge in [-0.25, -0.2) is 4.79 Å². The second-order valence-corrected chi connectivity index (χ2v) is 4.00. The number of rotatable bonds is 3. The number of hydrogen-bond donors (Lipinski definition) is 2. The minimum atomic E-state index is -1.00. The highest BCUT2D eigenvalue weighted by atomic mass is 16.4. The number of aromatic nitrogens is 2. The number of aromatic amines is 1. The lowest BCUT2D eigenvalue weighted by Crippen LogP contribution is -2.10. The van der Waals surface area contributed by atoms with Crippen LogP contribution in [0.4, 0.5) is 11.4 Å². The van der Waals surface area contributed by atoms with Crippen molar-refractivity contribution in [2.75, 3.05) is 0 Å². The number of carbonyl (C=O) groups is 1. The van der Waals surface area contributed by atoms with Crippen molar-refractivity contribution < 1.29 is 9.90 Å². The molecule has 1 heterocycles. The molecule has 7 nitrogen and oxygen atoms in total. The Kier molecular flexibility index (Phi) is 3.28. The molecule has 0 aliphatic rings. The zero-order valence-corrected chi connectivity index (χ0v) is 10.4. The van der Waals surface area contributed by atoms with Crippen molar-refractivity contribution in [2.24, 2.45) is 17.3 Å². The molecule has 2 rings (SSSR count). The minimum Gasteiger partial charge on any atom is -0.478 e. The molecule has 0 amide bonds. The summed E-state index contributed by atoms with van der Waals surface area (Å²) in [6, 6.07) is 5.91. The van der Waals surface area contributed by atoms with Crippen molar-refractivity contribution in [3.63, 3.8) is 0 Å². The van der Waals surface area contributed by atoms with Gasteiger partial charge >= 0.3 is 5.97 Å². The van der Waals surface area contributed by atoms with E-state index in [1.165, 1.54) is 28.9 Å². The van der Waals surface area contributed by atoms with Crippen LogP contribution in [0.25, 0.3) is 0 Å². The van der Waals surface area contributed by atoms with E-state index >= 15 is 0 Å². The number of aryl methyl sites for hydroxylation is 2. The first kappa shape index (κ1) is 12.7. The molecule has 98 valence electrons. The average Bonchev–Trinajstić information content (AvgIpc) is 2.62. The molecule has 1 aromatic heterocycles. The molecule has 0 saturated carbocycles. The van der Waals surface area contributed by atoms with Gasteiger partial charge in [0.2, 0.25) is 0 Å². The smallest absolute Gasteiger partial charge is 0.335 e. The number of carboxylic acids is 1. The molecule has 2 aromatic rings.